The van der Waals surface area contributed by atoms with Crippen LogP contribution in [-0.2, 0) is 0 Å². The summed E-state index contributed by atoms with van der Waals surface area (Å²) in [5.74, 6) is 1.37. The first-order chi connectivity index (χ1) is 16.5. The fourth-order valence-electron chi connectivity index (χ4n) is 4.17. The predicted octanol–water partition coefficient (Wildman–Crippen LogP) is 3.83. The molecule has 34 heavy (non-hydrogen) atoms. The number of aryl methyl sites for hydroxylation is 1. The van der Waals surface area contributed by atoms with E-state index in [2.05, 4.69) is 36.7 Å². The Morgan fingerprint density at radius 1 is 1.29 bits per heavy atom. The molecule has 10 heteroatoms. The largest absolute Gasteiger partial charge is 0.421 e. The molecule has 0 bridgehead atoms. The second kappa shape index (κ2) is 8.71. The van der Waals surface area contributed by atoms with Crippen LogP contribution in [0.1, 0.15) is 12.2 Å². The van der Waals surface area contributed by atoms with Gasteiger partial charge < -0.3 is 25.7 Å². The van der Waals surface area contributed by atoms with Crippen molar-refractivity contribution in [1.82, 2.24) is 24.9 Å². The molecule has 1 aliphatic rings. The van der Waals surface area contributed by atoms with Crippen LogP contribution in [0.3, 0.4) is 0 Å². The normalized spacial score (nSPS) is 13.3. The molecule has 9 nitrogen and oxygen atoms in total. The number of halogens is 1. The maximum atomic E-state index is 14.4. The summed E-state index contributed by atoms with van der Waals surface area (Å²) < 4.78 is 20.3. The van der Waals surface area contributed by atoms with Crippen molar-refractivity contribution in [2.24, 2.45) is 5.73 Å². The predicted molar refractivity (Wildman–Crippen MR) is 131 cm³/mol. The standard InChI is InChI=1S/C24H25FN8O/c1-4-5-14(8-26)15-11-33(12-15)23-20-18-6-16(25)7-19(27-3)21(18)30-22(20)31-24(32-23)34-17-9-28-13(2)29-10-17/h4,6-7,9-10,27H,1,5,8,11-12,26H2,2-3H3,(H,30,31,32). The van der Waals surface area contributed by atoms with Crippen LogP contribution in [0.25, 0.3) is 21.9 Å². The number of fused-ring (bicyclic) bond motifs is 3. The van der Waals surface area contributed by atoms with Crippen LogP contribution in [0.5, 0.6) is 11.8 Å². The first kappa shape index (κ1) is 21.8. The summed E-state index contributed by atoms with van der Waals surface area (Å²) in [6.45, 7) is 7.44. The smallest absolute Gasteiger partial charge is 0.326 e. The van der Waals surface area contributed by atoms with E-state index >= 15 is 0 Å². The number of ether oxygens (including phenoxy) is 1. The van der Waals surface area contributed by atoms with Gasteiger partial charge in [0.1, 0.15) is 23.1 Å². The lowest BCUT2D eigenvalue weighted by molar-refractivity contribution is 0.438. The van der Waals surface area contributed by atoms with Crippen LogP contribution in [0, 0.1) is 12.7 Å². The van der Waals surface area contributed by atoms with Crippen molar-refractivity contribution in [1.29, 1.82) is 0 Å². The molecular weight excluding hydrogens is 435 g/mol. The number of rotatable bonds is 7. The first-order valence-corrected chi connectivity index (χ1v) is 10.9. The van der Waals surface area contributed by atoms with Crippen molar-refractivity contribution in [3.63, 3.8) is 0 Å². The Morgan fingerprint density at radius 2 is 2.06 bits per heavy atom. The Hall–Kier alpha value is -4.05. The summed E-state index contributed by atoms with van der Waals surface area (Å²) in [7, 11) is 1.75. The SMILES string of the molecule is C=CCC(CN)=C1CN(c2nc(Oc3cnc(C)nc3)nc3[nH]c4c(NC)cc(F)cc4c23)C1. The number of hydrogen-bond donors (Lipinski definition) is 3. The number of allylic oxidation sites excluding steroid dienone is 1. The molecule has 5 rings (SSSR count). The first-order valence-electron chi connectivity index (χ1n) is 10.9. The number of nitrogens with one attached hydrogen (secondary N) is 2. The molecule has 3 aromatic heterocycles. The van der Waals surface area contributed by atoms with Gasteiger partial charge in [-0.25, -0.2) is 14.4 Å². The zero-order valence-electron chi connectivity index (χ0n) is 19.0. The van der Waals surface area contributed by atoms with Gasteiger partial charge in [0, 0.05) is 32.1 Å². The molecular formula is C24H25FN8O. The number of aromatic amines is 1. The third-order valence-corrected chi connectivity index (χ3v) is 5.92. The van der Waals surface area contributed by atoms with Gasteiger partial charge in [-0.3, -0.25) is 0 Å². The lowest BCUT2D eigenvalue weighted by Gasteiger charge is -2.37. The number of hydrogen-bond acceptors (Lipinski definition) is 8. The summed E-state index contributed by atoms with van der Waals surface area (Å²) >= 11 is 0. The van der Waals surface area contributed by atoms with E-state index in [4.69, 9.17) is 15.5 Å². The Balaban J connectivity index is 1.64. The number of nitrogens with zero attached hydrogens (tertiary/aromatic N) is 5. The fraction of sp³-hybridized carbons (Fsp3) is 0.250. The molecule has 1 aromatic carbocycles. The molecule has 4 aromatic rings. The molecule has 4 heterocycles. The molecule has 1 aliphatic heterocycles. The van der Waals surface area contributed by atoms with Gasteiger partial charge in [0.2, 0.25) is 0 Å². The lowest BCUT2D eigenvalue weighted by Crippen LogP contribution is -2.42. The number of anilines is 2. The number of H-pyrrole nitrogens is 1. The van der Waals surface area contributed by atoms with E-state index in [0.717, 1.165) is 17.3 Å². The zero-order valence-corrected chi connectivity index (χ0v) is 19.0. The molecule has 0 saturated carbocycles. The number of nitrogens with two attached hydrogens (primary N) is 1. The summed E-state index contributed by atoms with van der Waals surface area (Å²) in [5.41, 5.74) is 10.3. The summed E-state index contributed by atoms with van der Waals surface area (Å²) in [6, 6.07) is 3.09. The Labute approximate surface area is 195 Å². The highest BCUT2D eigenvalue weighted by molar-refractivity contribution is 6.14. The monoisotopic (exact) mass is 460 g/mol. The molecule has 0 amide bonds. The quantitative estimate of drug-likeness (QED) is 0.356. The molecule has 4 N–H and O–H groups in total. The van der Waals surface area contributed by atoms with Gasteiger partial charge in [0.25, 0.3) is 0 Å². The molecule has 0 radical (unpaired) electrons. The van der Waals surface area contributed by atoms with Crippen LogP contribution >= 0.6 is 0 Å². The molecule has 0 aliphatic carbocycles. The summed E-state index contributed by atoms with van der Waals surface area (Å²) in [5, 5.41) is 4.47. The maximum Gasteiger partial charge on any atom is 0.326 e. The molecule has 1 saturated heterocycles. The van der Waals surface area contributed by atoms with Gasteiger partial charge in [-0.1, -0.05) is 11.6 Å². The highest BCUT2D eigenvalue weighted by Crippen LogP contribution is 2.39. The highest BCUT2D eigenvalue weighted by atomic mass is 19.1. The average Bonchev–Trinajstić information content (AvgIpc) is 3.16. The maximum absolute atomic E-state index is 14.4. The summed E-state index contributed by atoms with van der Waals surface area (Å²) in [6.07, 6.45) is 5.76. The minimum absolute atomic E-state index is 0.149. The minimum Gasteiger partial charge on any atom is -0.421 e. The fourth-order valence-corrected chi connectivity index (χ4v) is 4.17. The van der Waals surface area contributed by atoms with Gasteiger partial charge in [0.15, 0.2) is 5.75 Å². The molecule has 174 valence electrons. The third-order valence-electron chi connectivity index (χ3n) is 5.92. The van der Waals surface area contributed by atoms with E-state index in [-0.39, 0.29) is 11.8 Å². The number of aromatic nitrogens is 5. The second-order valence-electron chi connectivity index (χ2n) is 8.13. The summed E-state index contributed by atoms with van der Waals surface area (Å²) in [4.78, 5) is 23.0. The van der Waals surface area contributed by atoms with Crippen molar-refractivity contribution in [3.05, 3.63) is 60.0 Å². The Kier molecular flexibility index (Phi) is 5.58. The van der Waals surface area contributed by atoms with Crippen molar-refractivity contribution in [2.45, 2.75) is 13.3 Å². The van der Waals surface area contributed by atoms with Gasteiger partial charge in [-0.2, -0.15) is 9.97 Å². The van der Waals surface area contributed by atoms with Gasteiger partial charge in [-0.05, 0) is 31.1 Å². The van der Waals surface area contributed by atoms with E-state index in [1.54, 1.807) is 26.4 Å². The molecule has 0 spiro atoms. The van der Waals surface area contributed by atoms with E-state index in [9.17, 15) is 4.39 Å². The minimum atomic E-state index is -0.346. The number of benzene rings is 1. The highest BCUT2D eigenvalue weighted by Gasteiger charge is 2.28. The van der Waals surface area contributed by atoms with Gasteiger partial charge in [0.05, 0.1) is 29.0 Å². The van der Waals surface area contributed by atoms with Gasteiger partial charge in [-0.15, -0.1) is 6.58 Å². The molecule has 0 atom stereocenters. The zero-order chi connectivity index (χ0) is 23.8. The van der Waals surface area contributed by atoms with Gasteiger partial charge >= 0.3 is 6.01 Å². The van der Waals surface area contributed by atoms with Crippen LogP contribution in [0.4, 0.5) is 15.9 Å². The third kappa shape index (κ3) is 3.81. The second-order valence-corrected chi connectivity index (χ2v) is 8.13. The van der Waals surface area contributed by atoms with Crippen molar-refractivity contribution in [2.75, 3.05) is 36.9 Å². The topological polar surface area (TPSA) is 118 Å². The van der Waals surface area contributed by atoms with Crippen LogP contribution < -0.4 is 20.7 Å². The van der Waals surface area contributed by atoms with E-state index in [1.165, 1.54) is 23.3 Å². The van der Waals surface area contributed by atoms with Crippen molar-refractivity contribution >= 4 is 33.4 Å². The molecule has 0 unspecified atom stereocenters. The van der Waals surface area contributed by atoms with E-state index in [1.807, 2.05) is 6.08 Å². The van der Waals surface area contributed by atoms with Crippen molar-refractivity contribution < 1.29 is 9.13 Å². The average molecular weight is 461 g/mol. The lowest BCUT2D eigenvalue weighted by atomic mass is 9.98. The van der Waals surface area contributed by atoms with Crippen LogP contribution in [0.15, 0.2) is 48.3 Å². The van der Waals surface area contributed by atoms with Crippen molar-refractivity contribution in [3.8, 4) is 11.8 Å². The Bertz CT molecular complexity index is 1420. The van der Waals surface area contributed by atoms with E-state index < -0.39 is 0 Å². The van der Waals surface area contributed by atoms with E-state index in [0.29, 0.717) is 53.7 Å². The molecule has 1 fully saturated rings. The Morgan fingerprint density at radius 3 is 2.74 bits per heavy atom. The van der Waals surface area contributed by atoms with Crippen LogP contribution in [0.2, 0.25) is 0 Å². The van der Waals surface area contributed by atoms with Crippen LogP contribution in [-0.4, -0.2) is 51.6 Å².